The van der Waals surface area contributed by atoms with Crippen molar-refractivity contribution in [3.05, 3.63) is 53.3 Å². The molecule has 28 heavy (non-hydrogen) atoms. The van der Waals surface area contributed by atoms with Crippen molar-refractivity contribution in [3.63, 3.8) is 0 Å². The highest BCUT2D eigenvalue weighted by atomic mass is 19.4. The Kier molecular flexibility index (Phi) is 3.22. The van der Waals surface area contributed by atoms with E-state index >= 15 is 0 Å². The van der Waals surface area contributed by atoms with Gasteiger partial charge in [-0.15, -0.1) is 0 Å². The summed E-state index contributed by atoms with van der Waals surface area (Å²) in [5.41, 5.74) is 4.07. The number of alkyl halides is 3. The maximum Gasteiger partial charge on any atom is 0.416 e. The summed E-state index contributed by atoms with van der Waals surface area (Å²) >= 11 is 0. The first kappa shape index (κ1) is 17.1. The van der Waals surface area contributed by atoms with Gasteiger partial charge in [0.25, 0.3) is 0 Å². The molecule has 142 valence electrons. The average molecular weight is 383 g/mol. The van der Waals surface area contributed by atoms with E-state index in [2.05, 4.69) is 6.07 Å². The summed E-state index contributed by atoms with van der Waals surface area (Å²) in [4.78, 5) is 0. The van der Waals surface area contributed by atoms with Gasteiger partial charge in [0.05, 0.1) is 22.0 Å². The van der Waals surface area contributed by atoms with Gasteiger partial charge in [-0.2, -0.15) is 13.2 Å². The minimum Gasteiger partial charge on any atom is -0.455 e. The molecule has 3 nitrogen and oxygen atoms in total. The molecule has 0 aliphatic heterocycles. The van der Waals surface area contributed by atoms with Gasteiger partial charge in [-0.3, -0.25) is 0 Å². The van der Waals surface area contributed by atoms with Crippen LogP contribution >= 0.6 is 0 Å². The van der Waals surface area contributed by atoms with Gasteiger partial charge < -0.3 is 8.98 Å². The molecule has 0 fully saturated rings. The number of hydrogen-bond acceptors (Lipinski definition) is 1. The van der Waals surface area contributed by atoms with Crippen molar-refractivity contribution >= 4 is 43.7 Å². The molecule has 0 N–H and O–H groups in total. The Bertz CT molecular complexity index is 1440. The second-order valence-corrected chi connectivity index (χ2v) is 7.46. The third kappa shape index (κ3) is 2.08. The third-order valence-corrected chi connectivity index (χ3v) is 5.75. The van der Waals surface area contributed by atoms with E-state index in [1.54, 1.807) is 12.3 Å². The minimum absolute atomic E-state index is 0.250. The fourth-order valence-corrected chi connectivity index (χ4v) is 4.43. The topological polar surface area (TPSA) is 21.9 Å². The van der Waals surface area contributed by atoms with E-state index < -0.39 is 11.7 Å². The largest absolute Gasteiger partial charge is 0.455 e. The lowest BCUT2D eigenvalue weighted by Crippen LogP contribution is -2.25. The molecule has 0 radical (unpaired) electrons. The standard InChI is InChI=1S/C22H18F3N2O/c1-11-15-6-8-26(3)19(15)12(2)21-17(11)20-18-13(5-7-27(20)4)9-14(22(23,24)25)10-16(18)28-21/h5-10H,1-4H3/q+1. The van der Waals surface area contributed by atoms with Crippen molar-refractivity contribution < 1.29 is 22.2 Å². The van der Waals surface area contributed by atoms with Crippen LogP contribution in [-0.4, -0.2) is 4.57 Å². The highest BCUT2D eigenvalue weighted by molar-refractivity contribution is 6.19. The smallest absolute Gasteiger partial charge is 0.416 e. The first-order valence-corrected chi connectivity index (χ1v) is 8.98. The Balaban J connectivity index is 2.12. The van der Waals surface area contributed by atoms with Crippen LogP contribution in [-0.2, 0) is 20.3 Å². The summed E-state index contributed by atoms with van der Waals surface area (Å²) in [5, 5.41) is 3.29. The first-order chi connectivity index (χ1) is 13.2. The number of aromatic nitrogens is 2. The summed E-state index contributed by atoms with van der Waals surface area (Å²) in [7, 11) is 3.87. The molecule has 3 heterocycles. The SMILES string of the molecule is Cc1c2cc[n+](C)c2c(C)c2oc3cc(C(F)(F)F)cc4ccn(C)c(c12)c43. The van der Waals surface area contributed by atoms with E-state index in [-0.39, 0.29) is 5.58 Å². The fourth-order valence-electron chi connectivity index (χ4n) is 4.43. The van der Waals surface area contributed by atoms with Gasteiger partial charge in [0.2, 0.25) is 5.52 Å². The van der Waals surface area contributed by atoms with Crippen molar-refractivity contribution in [2.75, 3.05) is 0 Å². The molecule has 5 rings (SSSR count). The van der Waals surface area contributed by atoms with Crippen molar-refractivity contribution in [1.29, 1.82) is 0 Å². The highest BCUT2D eigenvalue weighted by Crippen LogP contribution is 2.41. The number of hydrogen-bond donors (Lipinski definition) is 0. The average Bonchev–Trinajstić information content (AvgIpc) is 3.03. The number of pyridine rings is 1. The summed E-state index contributed by atoms with van der Waals surface area (Å²) < 4.78 is 50.4. The second kappa shape index (κ2) is 5.28. The molecule has 5 aromatic rings. The monoisotopic (exact) mass is 383 g/mol. The van der Waals surface area contributed by atoms with Gasteiger partial charge in [0, 0.05) is 30.1 Å². The Labute approximate surface area is 158 Å². The maximum atomic E-state index is 13.4. The van der Waals surface area contributed by atoms with Crippen molar-refractivity contribution in [2.45, 2.75) is 20.0 Å². The van der Waals surface area contributed by atoms with Gasteiger partial charge >= 0.3 is 6.18 Å². The van der Waals surface area contributed by atoms with Crippen LogP contribution in [0.2, 0.25) is 0 Å². The first-order valence-electron chi connectivity index (χ1n) is 8.98. The minimum atomic E-state index is -4.43. The quantitative estimate of drug-likeness (QED) is 0.191. The zero-order valence-electron chi connectivity index (χ0n) is 15.9. The highest BCUT2D eigenvalue weighted by Gasteiger charge is 2.32. The summed E-state index contributed by atoms with van der Waals surface area (Å²) in [6.07, 6.45) is -0.633. The molecule has 0 atom stereocenters. The van der Waals surface area contributed by atoms with Crippen LogP contribution in [0.5, 0.6) is 0 Å². The van der Waals surface area contributed by atoms with Crippen LogP contribution in [0.1, 0.15) is 16.7 Å². The van der Waals surface area contributed by atoms with Gasteiger partial charge in [-0.05, 0) is 43.0 Å². The van der Waals surface area contributed by atoms with E-state index in [0.29, 0.717) is 16.4 Å². The van der Waals surface area contributed by atoms with Crippen LogP contribution in [0, 0.1) is 13.8 Å². The van der Waals surface area contributed by atoms with Crippen LogP contribution < -0.4 is 4.57 Å². The normalized spacial score (nSPS) is 12.8. The zero-order valence-corrected chi connectivity index (χ0v) is 15.9. The molecule has 0 aliphatic carbocycles. The zero-order chi connectivity index (χ0) is 20.0. The van der Waals surface area contributed by atoms with Gasteiger partial charge in [0.15, 0.2) is 6.20 Å². The summed E-state index contributed by atoms with van der Waals surface area (Å²) in [6.45, 7) is 4.00. The van der Waals surface area contributed by atoms with Gasteiger partial charge in [0.1, 0.15) is 18.2 Å². The predicted molar refractivity (Wildman–Crippen MR) is 103 cm³/mol. The van der Waals surface area contributed by atoms with E-state index in [9.17, 15) is 13.2 Å². The molecule has 0 saturated carbocycles. The van der Waals surface area contributed by atoms with Gasteiger partial charge in [-0.25, -0.2) is 4.57 Å². The number of nitrogens with zero attached hydrogens (tertiary/aromatic N) is 2. The molecule has 2 aromatic carbocycles. The summed E-state index contributed by atoms with van der Waals surface area (Å²) in [6, 6.07) is 6.08. The van der Waals surface area contributed by atoms with Crippen LogP contribution in [0.15, 0.2) is 41.1 Å². The van der Waals surface area contributed by atoms with Crippen LogP contribution in [0.25, 0.3) is 43.7 Å². The number of rotatable bonds is 0. The summed E-state index contributed by atoms with van der Waals surface area (Å²) in [5.74, 6) is 0. The van der Waals surface area contributed by atoms with Gasteiger partial charge in [-0.1, -0.05) is 0 Å². The Morgan fingerprint density at radius 3 is 2.50 bits per heavy atom. The van der Waals surface area contributed by atoms with E-state index in [1.165, 1.54) is 6.07 Å². The number of aryl methyl sites for hydroxylation is 4. The van der Waals surface area contributed by atoms with Crippen molar-refractivity contribution in [2.24, 2.45) is 14.1 Å². The Morgan fingerprint density at radius 1 is 1.04 bits per heavy atom. The lowest BCUT2D eigenvalue weighted by molar-refractivity contribution is -0.642. The third-order valence-electron chi connectivity index (χ3n) is 5.75. The van der Waals surface area contributed by atoms with E-state index in [4.69, 9.17) is 4.42 Å². The van der Waals surface area contributed by atoms with Crippen molar-refractivity contribution in [1.82, 2.24) is 4.57 Å². The molecule has 3 aromatic heterocycles. The number of benzene rings is 2. The molecule has 0 bridgehead atoms. The molecule has 0 aliphatic rings. The molecule has 0 saturated heterocycles. The number of halogens is 3. The van der Waals surface area contributed by atoms with Crippen LogP contribution in [0.4, 0.5) is 13.2 Å². The van der Waals surface area contributed by atoms with E-state index in [1.807, 2.05) is 43.3 Å². The maximum absolute atomic E-state index is 13.4. The Morgan fingerprint density at radius 2 is 1.79 bits per heavy atom. The fraction of sp³-hybridized carbons (Fsp3) is 0.227. The molecule has 6 heteroatoms. The molecule has 0 spiro atoms. The molecular weight excluding hydrogens is 365 g/mol. The lowest BCUT2D eigenvalue weighted by atomic mass is 9.97. The van der Waals surface area contributed by atoms with Crippen LogP contribution in [0.3, 0.4) is 0 Å². The molecular formula is C22H18F3N2O+. The second-order valence-electron chi connectivity index (χ2n) is 7.46. The molecule has 0 amide bonds. The number of fused-ring (bicyclic) bond motifs is 3. The van der Waals surface area contributed by atoms with Crippen molar-refractivity contribution in [3.8, 4) is 0 Å². The molecule has 0 unspecified atom stereocenters. The predicted octanol–water partition coefficient (Wildman–Crippen LogP) is 5.69. The Hall–Kier alpha value is -3.02. The van der Waals surface area contributed by atoms with E-state index in [0.717, 1.165) is 39.0 Å². The lowest BCUT2D eigenvalue weighted by Gasteiger charge is -2.17.